The van der Waals surface area contributed by atoms with Gasteiger partial charge in [-0.2, -0.15) is 5.26 Å². The molecule has 1 aromatic carbocycles. The van der Waals surface area contributed by atoms with Crippen LogP contribution in [0.25, 0.3) is 11.4 Å². The molecule has 2 aliphatic rings. The van der Waals surface area contributed by atoms with E-state index in [4.69, 9.17) is 14.5 Å². The van der Waals surface area contributed by atoms with Crippen LogP contribution in [0.15, 0.2) is 30.5 Å². The fraction of sp³-hybridized carbons (Fsp3) is 0.538. The summed E-state index contributed by atoms with van der Waals surface area (Å²) in [6, 6.07) is 9.42. The maximum Gasteiger partial charge on any atom is 0.239 e. The number of benzene rings is 1. The van der Waals surface area contributed by atoms with Crippen molar-refractivity contribution >= 4 is 17.4 Å². The first-order valence-electron chi connectivity index (χ1n) is 12.4. The number of nitrogens with zero attached hydrogens (tertiary/aromatic N) is 5. The highest BCUT2D eigenvalue weighted by molar-refractivity contribution is 5.84. The monoisotopic (exact) mass is 480 g/mol. The second kappa shape index (κ2) is 13.6. The second-order valence-corrected chi connectivity index (χ2v) is 8.36. The van der Waals surface area contributed by atoms with Crippen molar-refractivity contribution in [2.24, 2.45) is 5.92 Å². The minimum absolute atomic E-state index is 0.00332. The summed E-state index contributed by atoms with van der Waals surface area (Å²) in [5, 5.41) is 12.3. The Morgan fingerprint density at radius 3 is 2.77 bits per heavy atom. The van der Waals surface area contributed by atoms with E-state index in [0.717, 1.165) is 49.7 Å². The van der Waals surface area contributed by atoms with Gasteiger partial charge < -0.3 is 24.6 Å². The van der Waals surface area contributed by atoms with Gasteiger partial charge in [0.2, 0.25) is 5.91 Å². The standard InChI is InChI=1S/C24H30N6O3.C2H6/c1-32-12-9-29-7-8-30(17-22(31)26-15-18-5-10-33-11-6-18)21-16-27-23(28-24(21)29)20-4-2-3-19(13-20)14-25;1-2/h2-4,13,16,18H,5-12,15,17H2,1H3,(H,26,31);1-2H3. The molecule has 0 unspecified atom stereocenters. The van der Waals surface area contributed by atoms with Gasteiger partial charge in [-0.3, -0.25) is 4.79 Å². The van der Waals surface area contributed by atoms with Crippen LogP contribution in [0.5, 0.6) is 0 Å². The first kappa shape index (κ1) is 26.4. The van der Waals surface area contributed by atoms with Crippen LogP contribution in [0.3, 0.4) is 0 Å². The van der Waals surface area contributed by atoms with Crippen molar-refractivity contribution < 1.29 is 14.3 Å². The average molecular weight is 481 g/mol. The number of fused-ring (bicyclic) bond motifs is 1. The highest BCUT2D eigenvalue weighted by Gasteiger charge is 2.27. The Labute approximate surface area is 208 Å². The smallest absolute Gasteiger partial charge is 0.239 e. The average Bonchev–Trinajstić information content (AvgIpc) is 2.93. The number of rotatable bonds is 8. The number of hydrogen-bond acceptors (Lipinski definition) is 8. The van der Waals surface area contributed by atoms with Crippen LogP contribution >= 0.6 is 0 Å². The molecule has 0 radical (unpaired) electrons. The Morgan fingerprint density at radius 2 is 2.03 bits per heavy atom. The molecule has 0 saturated carbocycles. The van der Waals surface area contributed by atoms with Crippen LogP contribution in [0.4, 0.5) is 11.5 Å². The van der Waals surface area contributed by atoms with Crippen LogP contribution in [0, 0.1) is 17.2 Å². The third-order valence-electron chi connectivity index (χ3n) is 6.11. The van der Waals surface area contributed by atoms with E-state index in [2.05, 4.69) is 21.3 Å². The molecule has 3 heterocycles. The van der Waals surface area contributed by atoms with Gasteiger partial charge in [0.15, 0.2) is 11.6 Å². The summed E-state index contributed by atoms with van der Waals surface area (Å²) in [5.41, 5.74) is 2.18. The number of carbonyl (C=O) groups excluding carboxylic acids is 1. The van der Waals surface area contributed by atoms with E-state index in [1.54, 1.807) is 25.4 Å². The van der Waals surface area contributed by atoms with E-state index < -0.39 is 0 Å². The second-order valence-electron chi connectivity index (χ2n) is 8.36. The van der Waals surface area contributed by atoms with Gasteiger partial charge in [-0.15, -0.1) is 0 Å². The van der Waals surface area contributed by atoms with Crippen molar-refractivity contribution in [3.63, 3.8) is 0 Å². The lowest BCUT2D eigenvalue weighted by Gasteiger charge is -2.37. The van der Waals surface area contributed by atoms with Gasteiger partial charge in [0.05, 0.1) is 36.7 Å². The highest BCUT2D eigenvalue weighted by atomic mass is 16.5. The SMILES string of the molecule is CC.COCCN1CCN(CC(=O)NCC2CCOCC2)c2cnc(-c3cccc(C#N)c3)nc21. The summed E-state index contributed by atoms with van der Waals surface area (Å²) in [6.45, 7) is 9.21. The number of anilines is 2. The molecule has 1 aromatic heterocycles. The van der Waals surface area contributed by atoms with Gasteiger partial charge in [-0.25, -0.2) is 9.97 Å². The van der Waals surface area contributed by atoms with Crippen LogP contribution in [-0.4, -0.2) is 75.5 Å². The molecule has 1 saturated heterocycles. The summed E-state index contributed by atoms with van der Waals surface area (Å²) < 4.78 is 10.7. The van der Waals surface area contributed by atoms with E-state index in [-0.39, 0.29) is 12.5 Å². The lowest BCUT2D eigenvalue weighted by molar-refractivity contribution is -0.120. The molecule has 0 bridgehead atoms. The molecule has 4 rings (SSSR count). The predicted molar refractivity (Wildman–Crippen MR) is 136 cm³/mol. The molecule has 9 nitrogen and oxygen atoms in total. The molecule has 2 aliphatic heterocycles. The van der Waals surface area contributed by atoms with Crippen molar-refractivity contribution in [3.05, 3.63) is 36.0 Å². The predicted octanol–water partition coefficient (Wildman–Crippen LogP) is 2.86. The normalized spacial score (nSPS) is 15.5. The van der Waals surface area contributed by atoms with Crippen molar-refractivity contribution in [2.75, 3.05) is 69.5 Å². The number of hydrogen-bond donors (Lipinski definition) is 1. The lowest BCUT2D eigenvalue weighted by Crippen LogP contribution is -2.47. The van der Waals surface area contributed by atoms with E-state index >= 15 is 0 Å². The zero-order chi connectivity index (χ0) is 25.0. The molecular weight excluding hydrogens is 444 g/mol. The molecule has 2 aromatic rings. The molecule has 1 fully saturated rings. The van der Waals surface area contributed by atoms with Crippen molar-refractivity contribution in [3.8, 4) is 17.5 Å². The molecule has 0 spiro atoms. The first-order chi connectivity index (χ1) is 17.2. The summed E-state index contributed by atoms with van der Waals surface area (Å²) in [4.78, 5) is 26.3. The van der Waals surface area contributed by atoms with Crippen molar-refractivity contribution in [1.82, 2.24) is 15.3 Å². The van der Waals surface area contributed by atoms with Gasteiger partial charge in [-0.05, 0) is 30.9 Å². The summed E-state index contributed by atoms with van der Waals surface area (Å²) >= 11 is 0. The van der Waals surface area contributed by atoms with E-state index in [1.165, 1.54) is 0 Å². The Balaban J connectivity index is 0.00000167. The van der Waals surface area contributed by atoms with Crippen LogP contribution in [-0.2, 0) is 14.3 Å². The van der Waals surface area contributed by atoms with E-state index in [1.807, 2.05) is 30.9 Å². The number of amides is 1. The largest absolute Gasteiger partial charge is 0.383 e. The summed E-state index contributed by atoms with van der Waals surface area (Å²) in [7, 11) is 1.68. The minimum atomic E-state index is 0.00332. The molecular formula is C26H36N6O3. The van der Waals surface area contributed by atoms with Gasteiger partial charge in [-0.1, -0.05) is 26.0 Å². The number of methoxy groups -OCH3 is 1. The van der Waals surface area contributed by atoms with E-state index in [0.29, 0.717) is 43.5 Å². The first-order valence-corrected chi connectivity index (χ1v) is 12.4. The van der Waals surface area contributed by atoms with Gasteiger partial charge in [0.25, 0.3) is 0 Å². The topological polar surface area (TPSA) is 104 Å². The molecule has 0 aliphatic carbocycles. The molecule has 1 amide bonds. The Hall–Kier alpha value is -3.22. The Morgan fingerprint density at radius 1 is 1.26 bits per heavy atom. The third-order valence-corrected chi connectivity index (χ3v) is 6.11. The van der Waals surface area contributed by atoms with Gasteiger partial charge >= 0.3 is 0 Å². The number of ether oxygens (including phenoxy) is 2. The minimum Gasteiger partial charge on any atom is -0.383 e. The maximum absolute atomic E-state index is 12.7. The Bertz CT molecular complexity index is 1000. The third kappa shape index (κ3) is 7.13. The molecule has 35 heavy (non-hydrogen) atoms. The summed E-state index contributed by atoms with van der Waals surface area (Å²) in [6.07, 6.45) is 3.76. The van der Waals surface area contributed by atoms with E-state index in [9.17, 15) is 10.1 Å². The quantitative estimate of drug-likeness (QED) is 0.615. The fourth-order valence-corrected chi connectivity index (χ4v) is 4.18. The summed E-state index contributed by atoms with van der Waals surface area (Å²) in [5.74, 6) is 1.82. The Kier molecular flexibility index (Phi) is 10.3. The number of carbonyl (C=O) groups is 1. The maximum atomic E-state index is 12.7. The molecule has 0 atom stereocenters. The zero-order valence-electron chi connectivity index (χ0n) is 21.0. The number of aromatic nitrogens is 2. The highest BCUT2D eigenvalue weighted by Crippen LogP contribution is 2.32. The van der Waals surface area contributed by atoms with Crippen LogP contribution in [0.2, 0.25) is 0 Å². The van der Waals surface area contributed by atoms with Crippen LogP contribution < -0.4 is 15.1 Å². The van der Waals surface area contributed by atoms with Crippen molar-refractivity contribution in [1.29, 1.82) is 5.26 Å². The number of nitriles is 1. The van der Waals surface area contributed by atoms with Crippen molar-refractivity contribution in [2.45, 2.75) is 26.7 Å². The lowest BCUT2D eigenvalue weighted by atomic mass is 10.0. The zero-order valence-corrected chi connectivity index (χ0v) is 21.0. The number of nitrogens with one attached hydrogen (secondary N) is 1. The molecule has 188 valence electrons. The van der Waals surface area contributed by atoms with Gasteiger partial charge in [0.1, 0.15) is 0 Å². The fourth-order valence-electron chi connectivity index (χ4n) is 4.18. The molecule has 1 N–H and O–H groups in total. The van der Waals surface area contributed by atoms with Crippen LogP contribution in [0.1, 0.15) is 32.3 Å². The molecule has 9 heteroatoms. The van der Waals surface area contributed by atoms with Gasteiger partial charge in [0, 0.05) is 52.1 Å².